The molecule has 0 amide bonds. The van der Waals surface area contributed by atoms with Gasteiger partial charge in [-0.1, -0.05) is 23.2 Å². The van der Waals surface area contributed by atoms with Gasteiger partial charge in [-0.15, -0.1) is 0 Å². The summed E-state index contributed by atoms with van der Waals surface area (Å²) in [6.07, 6.45) is 2.69. The summed E-state index contributed by atoms with van der Waals surface area (Å²) < 4.78 is 5.39. The van der Waals surface area contributed by atoms with E-state index in [4.69, 9.17) is 33.2 Å². The van der Waals surface area contributed by atoms with Gasteiger partial charge in [0.05, 0.1) is 22.4 Å². The van der Waals surface area contributed by atoms with E-state index in [2.05, 4.69) is 9.97 Å². The van der Waals surface area contributed by atoms with Crippen molar-refractivity contribution in [2.45, 2.75) is 0 Å². The molecule has 0 radical (unpaired) electrons. The second kappa shape index (κ2) is 5.00. The van der Waals surface area contributed by atoms with Gasteiger partial charge < -0.3 is 4.74 Å². The molecule has 4 nitrogen and oxygen atoms in total. The van der Waals surface area contributed by atoms with Crippen molar-refractivity contribution >= 4 is 23.2 Å². The van der Waals surface area contributed by atoms with Gasteiger partial charge in [0.25, 0.3) is 0 Å². The highest BCUT2D eigenvalue weighted by Crippen LogP contribution is 2.28. The predicted molar refractivity (Wildman–Crippen MR) is 63.3 cm³/mol. The van der Waals surface area contributed by atoms with Crippen LogP contribution in [0.1, 0.15) is 5.69 Å². The molecule has 0 aliphatic heterocycles. The molecule has 1 aromatic carbocycles. The molecule has 0 saturated carbocycles. The minimum absolute atomic E-state index is 0.228. The fourth-order valence-corrected chi connectivity index (χ4v) is 1.38. The molecule has 17 heavy (non-hydrogen) atoms. The highest BCUT2D eigenvalue weighted by molar-refractivity contribution is 6.42. The van der Waals surface area contributed by atoms with Gasteiger partial charge in [0.1, 0.15) is 11.8 Å². The fraction of sp³-hybridized carbons (Fsp3) is 0. The Morgan fingerprint density at radius 2 is 1.94 bits per heavy atom. The molecular formula is C11H5Cl2N3O. The highest BCUT2D eigenvalue weighted by atomic mass is 35.5. The number of hydrogen-bond donors (Lipinski definition) is 0. The molecule has 1 heterocycles. The first kappa shape index (κ1) is 11.6. The monoisotopic (exact) mass is 265 g/mol. The van der Waals surface area contributed by atoms with Crippen molar-refractivity contribution in [3.8, 4) is 17.7 Å². The molecule has 1 aromatic heterocycles. The Morgan fingerprint density at radius 3 is 2.53 bits per heavy atom. The van der Waals surface area contributed by atoms with Gasteiger partial charge in [-0.3, -0.25) is 0 Å². The number of ether oxygens (including phenoxy) is 1. The van der Waals surface area contributed by atoms with Crippen molar-refractivity contribution in [3.05, 3.63) is 46.3 Å². The first-order chi connectivity index (χ1) is 8.19. The quantitative estimate of drug-likeness (QED) is 0.835. The Hall–Kier alpha value is -1.83. The molecule has 0 aliphatic carbocycles. The zero-order valence-corrected chi connectivity index (χ0v) is 9.90. The van der Waals surface area contributed by atoms with E-state index in [0.29, 0.717) is 15.8 Å². The molecule has 0 unspecified atom stereocenters. The van der Waals surface area contributed by atoms with Crippen LogP contribution < -0.4 is 4.74 Å². The number of aromatic nitrogens is 2. The van der Waals surface area contributed by atoms with E-state index >= 15 is 0 Å². The molecule has 0 spiro atoms. The Morgan fingerprint density at radius 1 is 1.12 bits per heavy atom. The molecule has 2 aromatic rings. The normalized spacial score (nSPS) is 9.71. The summed E-state index contributed by atoms with van der Waals surface area (Å²) in [5.74, 6) is 0.779. The van der Waals surface area contributed by atoms with Gasteiger partial charge in [0.2, 0.25) is 5.88 Å². The van der Waals surface area contributed by atoms with Crippen LogP contribution in [0.15, 0.2) is 30.6 Å². The third kappa shape index (κ3) is 2.84. The standard InChI is InChI=1S/C11H5Cl2N3O/c12-9-2-1-8(3-10(9)13)17-11-6-15-7(4-14)5-16-11/h1-3,5-6H. The van der Waals surface area contributed by atoms with E-state index in [1.807, 2.05) is 6.07 Å². The summed E-state index contributed by atoms with van der Waals surface area (Å²) in [7, 11) is 0. The molecule has 6 heteroatoms. The van der Waals surface area contributed by atoms with Crippen LogP contribution in [0.25, 0.3) is 0 Å². The number of nitrogens with zero attached hydrogens (tertiary/aromatic N) is 3. The summed E-state index contributed by atoms with van der Waals surface area (Å²) in [5, 5.41) is 9.40. The van der Waals surface area contributed by atoms with Crippen LogP contribution in [-0.4, -0.2) is 9.97 Å². The maximum absolute atomic E-state index is 8.56. The van der Waals surface area contributed by atoms with Crippen molar-refractivity contribution in [2.24, 2.45) is 0 Å². The molecule has 0 atom stereocenters. The van der Waals surface area contributed by atoms with Crippen molar-refractivity contribution in [1.82, 2.24) is 9.97 Å². The van der Waals surface area contributed by atoms with Gasteiger partial charge in [-0.25, -0.2) is 9.97 Å². The molecule has 0 fully saturated rings. The second-order valence-electron chi connectivity index (χ2n) is 3.03. The van der Waals surface area contributed by atoms with Crippen LogP contribution in [0, 0.1) is 11.3 Å². The maximum Gasteiger partial charge on any atom is 0.237 e. The Bertz CT molecular complexity index is 578. The topological polar surface area (TPSA) is 58.8 Å². The molecule has 84 valence electrons. The summed E-state index contributed by atoms with van der Waals surface area (Å²) in [6, 6.07) is 6.72. The van der Waals surface area contributed by atoms with E-state index in [9.17, 15) is 0 Å². The van der Waals surface area contributed by atoms with E-state index in [1.165, 1.54) is 12.4 Å². The van der Waals surface area contributed by atoms with Gasteiger partial charge in [-0.2, -0.15) is 5.26 Å². The average Bonchev–Trinajstić information content (AvgIpc) is 2.35. The molecule has 0 N–H and O–H groups in total. The maximum atomic E-state index is 8.56. The minimum atomic E-state index is 0.228. The zero-order valence-electron chi connectivity index (χ0n) is 8.39. The molecule has 2 rings (SSSR count). The van der Waals surface area contributed by atoms with Crippen LogP contribution in [0.4, 0.5) is 0 Å². The van der Waals surface area contributed by atoms with Crippen LogP contribution in [0.3, 0.4) is 0 Å². The third-order valence-electron chi connectivity index (χ3n) is 1.86. The lowest BCUT2D eigenvalue weighted by Gasteiger charge is -2.04. The van der Waals surface area contributed by atoms with Crippen LogP contribution in [0.5, 0.6) is 11.6 Å². The highest BCUT2D eigenvalue weighted by Gasteiger charge is 2.03. The van der Waals surface area contributed by atoms with Gasteiger partial charge in [-0.05, 0) is 12.1 Å². The van der Waals surface area contributed by atoms with Crippen molar-refractivity contribution < 1.29 is 4.74 Å². The minimum Gasteiger partial charge on any atom is -0.437 e. The Balaban J connectivity index is 2.20. The lowest BCUT2D eigenvalue weighted by Crippen LogP contribution is -1.91. The average molecular weight is 266 g/mol. The van der Waals surface area contributed by atoms with Crippen LogP contribution in [-0.2, 0) is 0 Å². The van der Waals surface area contributed by atoms with Crippen LogP contribution >= 0.6 is 23.2 Å². The Labute approximate surface area is 107 Å². The lowest BCUT2D eigenvalue weighted by atomic mass is 10.3. The summed E-state index contributed by atoms with van der Waals surface area (Å²) >= 11 is 11.6. The Kier molecular flexibility index (Phi) is 3.43. The first-order valence-electron chi connectivity index (χ1n) is 4.54. The summed E-state index contributed by atoms with van der Waals surface area (Å²) in [5.41, 5.74) is 0.228. The molecule has 0 aliphatic rings. The SMILES string of the molecule is N#Cc1cnc(Oc2ccc(Cl)c(Cl)c2)cn1. The van der Waals surface area contributed by atoms with Crippen molar-refractivity contribution in [3.63, 3.8) is 0 Å². The largest absolute Gasteiger partial charge is 0.437 e. The molecule has 0 saturated heterocycles. The second-order valence-corrected chi connectivity index (χ2v) is 3.84. The molecule has 0 bridgehead atoms. The third-order valence-corrected chi connectivity index (χ3v) is 2.60. The smallest absolute Gasteiger partial charge is 0.237 e. The van der Waals surface area contributed by atoms with Crippen molar-refractivity contribution in [2.75, 3.05) is 0 Å². The van der Waals surface area contributed by atoms with Gasteiger partial charge >= 0.3 is 0 Å². The van der Waals surface area contributed by atoms with E-state index < -0.39 is 0 Å². The summed E-state index contributed by atoms with van der Waals surface area (Å²) in [4.78, 5) is 7.74. The first-order valence-corrected chi connectivity index (χ1v) is 5.29. The molecular weight excluding hydrogens is 261 g/mol. The van der Waals surface area contributed by atoms with Crippen molar-refractivity contribution in [1.29, 1.82) is 5.26 Å². The van der Waals surface area contributed by atoms with Crippen LogP contribution in [0.2, 0.25) is 10.0 Å². The zero-order chi connectivity index (χ0) is 12.3. The fourth-order valence-electron chi connectivity index (χ4n) is 1.09. The number of nitriles is 1. The van der Waals surface area contributed by atoms with Gasteiger partial charge in [0, 0.05) is 6.07 Å². The van der Waals surface area contributed by atoms with E-state index in [0.717, 1.165) is 0 Å². The van der Waals surface area contributed by atoms with Gasteiger partial charge in [0.15, 0.2) is 5.69 Å². The summed E-state index contributed by atoms with van der Waals surface area (Å²) in [6.45, 7) is 0. The number of rotatable bonds is 2. The number of hydrogen-bond acceptors (Lipinski definition) is 4. The lowest BCUT2D eigenvalue weighted by molar-refractivity contribution is 0.460. The predicted octanol–water partition coefficient (Wildman–Crippen LogP) is 3.45. The number of benzene rings is 1. The van der Waals surface area contributed by atoms with E-state index in [-0.39, 0.29) is 11.6 Å². The van der Waals surface area contributed by atoms with E-state index in [1.54, 1.807) is 18.2 Å². The number of halogens is 2.